The summed E-state index contributed by atoms with van der Waals surface area (Å²) >= 11 is 3.84. The van der Waals surface area contributed by atoms with Crippen molar-refractivity contribution in [2.75, 3.05) is 18.1 Å². The van der Waals surface area contributed by atoms with Crippen LogP contribution in [0.5, 0.6) is 0 Å². The summed E-state index contributed by atoms with van der Waals surface area (Å²) in [6.45, 7) is 5.42. The average Bonchev–Trinajstić information content (AvgIpc) is 2.65. The van der Waals surface area contributed by atoms with Crippen LogP contribution in [-0.4, -0.2) is 18.1 Å². The Bertz CT molecular complexity index is 209. The van der Waals surface area contributed by atoms with E-state index >= 15 is 0 Å². The van der Waals surface area contributed by atoms with Crippen LogP contribution in [0.2, 0.25) is 0 Å². The Morgan fingerprint density at radius 2 is 2.38 bits per heavy atom. The lowest BCUT2D eigenvalue weighted by molar-refractivity contribution is 0.615. The van der Waals surface area contributed by atoms with Gasteiger partial charge in [-0.1, -0.05) is 19.9 Å². The van der Waals surface area contributed by atoms with E-state index in [1.807, 2.05) is 23.1 Å². The zero-order chi connectivity index (χ0) is 9.52. The van der Waals surface area contributed by atoms with Gasteiger partial charge >= 0.3 is 0 Å². The minimum atomic E-state index is 0.551. The lowest BCUT2D eigenvalue weighted by Crippen LogP contribution is -2.22. The molecule has 1 rings (SSSR count). The van der Waals surface area contributed by atoms with Crippen LogP contribution in [0, 0.1) is 0 Å². The van der Waals surface area contributed by atoms with Gasteiger partial charge in [0.05, 0.1) is 6.04 Å². The minimum absolute atomic E-state index is 0.551. The molecule has 1 aromatic rings. The van der Waals surface area contributed by atoms with E-state index in [4.69, 9.17) is 0 Å². The van der Waals surface area contributed by atoms with Gasteiger partial charge in [0.15, 0.2) is 0 Å². The molecule has 0 saturated carbocycles. The molecule has 0 saturated heterocycles. The van der Waals surface area contributed by atoms with Gasteiger partial charge < -0.3 is 5.32 Å². The molecule has 0 aliphatic heterocycles. The second kappa shape index (κ2) is 6.46. The highest BCUT2D eigenvalue weighted by Crippen LogP contribution is 2.22. The van der Waals surface area contributed by atoms with Gasteiger partial charge in [-0.2, -0.15) is 11.8 Å². The molecule has 74 valence electrons. The van der Waals surface area contributed by atoms with E-state index in [1.165, 1.54) is 16.4 Å². The van der Waals surface area contributed by atoms with Crippen molar-refractivity contribution in [1.82, 2.24) is 5.32 Å². The van der Waals surface area contributed by atoms with E-state index in [0.29, 0.717) is 6.04 Å². The smallest absolute Gasteiger partial charge is 0.0506 e. The number of thiophene rings is 1. The Balaban J connectivity index is 2.47. The fourth-order valence-electron chi connectivity index (χ4n) is 1.21. The van der Waals surface area contributed by atoms with Crippen molar-refractivity contribution in [2.45, 2.75) is 19.9 Å². The van der Waals surface area contributed by atoms with Crippen LogP contribution in [-0.2, 0) is 0 Å². The van der Waals surface area contributed by atoms with E-state index in [0.717, 1.165) is 6.54 Å². The zero-order valence-electron chi connectivity index (χ0n) is 8.25. The molecular weight excluding hydrogens is 198 g/mol. The van der Waals surface area contributed by atoms with Gasteiger partial charge in [0, 0.05) is 10.6 Å². The lowest BCUT2D eigenvalue weighted by Gasteiger charge is -2.15. The van der Waals surface area contributed by atoms with Crippen LogP contribution >= 0.6 is 23.1 Å². The standard InChI is InChI=1S/C10H17NS2/c1-3-11-9(8-12-4-2)10-6-5-7-13-10/h5-7,9,11H,3-4,8H2,1-2H3. The summed E-state index contributed by atoms with van der Waals surface area (Å²) in [6.07, 6.45) is 0. The highest BCUT2D eigenvalue weighted by molar-refractivity contribution is 7.99. The molecule has 0 amide bonds. The number of hydrogen-bond acceptors (Lipinski definition) is 3. The van der Waals surface area contributed by atoms with Crippen molar-refractivity contribution in [3.63, 3.8) is 0 Å². The molecule has 1 aromatic heterocycles. The third kappa shape index (κ3) is 3.71. The molecule has 1 heterocycles. The number of rotatable bonds is 6. The van der Waals surface area contributed by atoms with Crippen molar-refractivity contribution in [3.8, 4) is 0 Å². The molecule has 0 bridgehead atoms. The molecule has 1 N–H and O–H groups in total. The van der Waals surface area contributed by atoms with Crippen LogP contribution < -0.4 is 5.32 Å². The Morgan fingerprint density at radius 3 is 2.92 bits per heavy atom. The van der Waals surface area contributed by atoms with E-state index in [-0.39, 0.29) is 0 Å². The first kappa shape index (κ1) is 11.1. The maximum absolute atomic E-state index is 3.51. The molecular formula is C10H17NS2. The summed E-state index contributed by atoms with van der Waals surface area (Å²) in [7, 11) is 0. The van der Waals surface area contributed by atoms with Crippen molar-refractivity contribution in [2.24, 2.45) is 0 Å². The molecule has 0 aliphatic carbocycles. The second-order valence-corrected chi connectivity index (χ2v) is 5.08. The summed E-state index contributed by atoms with van der Waals surface area (Å²) in [5.74, 6) is 2.39. The first-order valence-electron chi connectivity index (χ1n) is 4.73. The van der Waals surface area contributed by atoms with Crippen LogP contribution in [0.3, 0.4) is 0 Å². The molecule has 0 spiro atoms. The Morgan fingerprint density at radius 1 is 1.54 bits per heavy atom. The summed E-state index contributed by atoms with van der Waals surface area (Å²) in [5.41, 5.74) is 0. The van der Waals surface area contributed by atoms with Crippen molar-refractivity contribution in [1.29, 1.82) is 0 Å². The lowest BCUT2D eigenvalue weighted by atomic mass is 10.3. The maximum atomic E-state index is 3.51. The number of hydrogen-bond donors (Lipinski definition) is 1. The van der Waals surface area contributed by atoms with Gasteiger partial charge in [-0.15, -0.1) is 11.3 Å². The number of thioether (sulfide) groups is 1. The summed E-state index contributed by atoms with van der Waals surface area (Å²) in [6, 6.07) is 4.89. The largest absolute Gasteiger partial charge is 0.309 e. The third-order valence-electron chi connectivity index (χ3n) is 1.83. The minimum Gasteiger partial charge on any atom is -0.309 e. The molecule has 1 unspecified atom stereocenters. The third-order valence-corrected chi connectivity index (χ3v) is 3.79. The summed E-state index contributed by atoms with van der Waals surface area (Å²) in [4.78, 5) is 1.46. The SMILES string of the molecule is CCNC(CSCC)c1cccs1. The van der Waals surface area contributed by atoms with Crippen LogP contribution in [0.15, 0.2) is 17.5 Å². The van der Waals surface area contributed by atoms with Crippen molar-refractivity contribution >= 4 is 23.1 Å². The van der Waals surface area contributed by atoms with Gasteiger partial charge in [0.2, 0.25) is 0 Å². The summed E-state index contributed by atoms with van der Waals surface area (Å²) in [5, 5.41) is 5.66. The molecule has 0 radical (unpaired) electrons. The van der Waals surface area contributed by atoms with Gasteiger partial charge in [-0.05, 0) is 23.7 Å². The molecule has 0 aromatic carbocycles. The Kier molecular flexibility index (Phi) is 5.51. The Labute approximate surface area is 88.9 Å². The first-order valence-corrected chi connectivity index (χ1v) is 6.76. The monoisotopic (exact) mass is 215 g/mol. The number of nitrogens with one attached hydrogen (secondary N) is 1. The highest BCUT2D eigenvalue weighted by atomic mass is 32.2. The first-order chi connectivity index (χ1) is 6.38. The normalized spacial score (nSPS) is 13.1. The fraction of sp³-hybridized carbons (Fsp3) is 0.600. The van der Waals surface area contributed by atoms with E-state index < -0.39 is 0 Å². The molecule has 0 aliphatic rings. The van der Waals surface area contributed by atoms with Crippen LogP contribution in [0.1, 0.15) is 24.8 Å². The molecule has 1 atom stereocenters. The summed E-state index contributed by atoms with van der Waals surface area (Å²) < 4.78 is 0. The average molecular weight is 215 g/mol. The molecule has 1 nitrogen and oxygen atoms in total. The maximum Gasteiger partial charge on any atom is 0.0506 e. The van der Waals surface area contributed by atoms with Gasteiger partial charge in [-0.3, -0.25) is 0 Å². The second-order valence-electron chi connectivity index (χ2n) is 2.79. The van der Waals surface area contributed by atoms with Crippen molar-refractivity contribution in [3.05, 3.63) is 22.4 Å². The predicted molar refractivity (Wildman–Crippen MR) is 63.7 cm³/mol. The van der Waals surface area contributed by atoms with Gasteiger partial charge in [-0.25, -0.2) is 0 Å². The molecule has 13 heavy (non-hydrogen) atoms. The van der Waals surface area contributed by atoms with E-state index in [9.17, 15) is 0 Å². The highest BCUT2D eigenvalue weighted by Gasteiger charge is 2.09. The van der Waals surface area contributed by atoms with Gasteiger partial charge in [0.1, 0.15) is 0 Å². The Hall–Kier alpha value is 0.01000. The fourth-order valence-corrected chi connectivity index (χ4v) is 2.89. The van der Waals surface area contributed by atoms with Gasteiger partial charge in [0.25, 0.3) is 0 Å². The predicted octanol–water partition coefficient (Wildman–Crippen LogP) is 3.15. The van der Waals surface area contributed by atoms with E-state index in [2.05, 4.69) is 36.7 Å². The van der Waals surface area contributed by atoms with Crippen LogP contribution in [0.25, 0.3) is 0 Å². The zero-order valence-corrected chi connectivity index (χ0v) is 9.88. The van der Waals surface area contributed by atoms with Crippen LogP contribution in [0.4, 0.5) is 0 Å². The molecule has 0 fully saturated rings. The topological polar surface area (TPSA) is 12.0 Å². The van der Waals surface area contributed by atoms with E-state index in [1.54, 1.807) is 0 Å². The van der Waals surface area contributed by atoms with Crippen molar-refractivity contribution < 1.29 is 0 Å². The quantitative estimate of drug-likeness (QED) is 0.782. The molecule has 3 heteroatoms.